The summed E-state index contributed by atoms with van der Waals surface area (Å²) in [6.07, 6.45) is 4.03. The number of thioether (sulfide) groups is 1. The normalized spacial score (nSPS) is 11.0. The third-order valence-corrected chi connectivity index (χ3v) is 4.34. The molecule has 0 spiro atoms. The van der Waals surface area contributed by atoms with E-state index in [1.54, 1.807) is 11.8 Å². The molecule has 0 aliphatic carbocycles. The van der Waals surface area contributed by atoms with Gasteiger partial charge in [0.25, 0.3) is 0 Å². The second kappa shape index (κ2) is 5.95. The van der Waals surface area contributed by atoms with E-state index >= 15 is 0 Å². The van der Waals surface area contributed by atoms with Crippen molar-refractivity contribution in [3.63, 3.8) is 0 Å². The highest BCUT2D eigenvalue weighted by Crippen LogP contribution is 2.25. The molecule has 0 radical (unpaired) electrons. The number of nitrogens with zero attached hydrogens (tertiary/aromatic N) is 3. The van der Waals surface area contributed by atoms with Gasteiger partial charge in [0.1, 0.15) is 5.52 Å². The molecule has 0 aliphatic rings. The Bertz CT molecular complexity index is 784. The highest BCUT2D eigenvalue weighted by molar-refractivity contribution is 7.98. The molecule has 0 saturated carbocycles. The molecule has 4 nitrogen and oxygen atoms in total. The molecule has 21 heavy (non-hydrogen) atoms. The first-order chi connectivity index (χ1) is 10.2. The molecule has 2 aromatic heterocycles. The molecule has 0 fully saturated rings. The Balaban J connectivity index is 1.93. The van der Waals surface area contributed by atoms with Crippen molar-refractivity contribution in [1.29, 1.82) is 0 Å². The van der Waals surface area contributed by atoms with Crippen LogP contribution in [0.15, 0.2) is 41.4 Å². The van der Waals surface area contributed by atoms with E-state index in [9.17, 15) is 0 Å². The van der Waals surface area contributed by atoms with Gasteiger partial charge in [-0.05, 0) is 35.6 Å². The predicted molar refractivity (Wildman–Crippen MR) is 89.1 cm³/mol. The van der Waals surface area contributed by atoms with Crippen molar-refractivity contribution in [3.8, 4) is 0 Å². The van der Waals surface area contributed by atoms with Gasteiger partial charge in [-0.3, -0.25) is 0 Å². The molecule has 0 atom stereocenters. The summed E-state index contributed by atoms with van der Waals surface area (Å²) in [5, 5.41) is 3.64. The topological polar surface area (TPSA) is 42.7 Å². The molecule has 3 aromatic rings. The summed E-state index contributed by atoms with van der Waals surface area (Å²) in [5.74, 6) is 0.758. The second-order valence-corrected chi connectivity index (χ2v) is 5.85. The van der Waals surface area contributed by atoms with Gasteiger partial charge in [0.15, 0.2) is 5.82 Å². The van der Waals surface area contributed by atoms with Gasteiger partial charge in [0.2, 0.25) is 5.28 Å². The van der Waals surface area contributed by atoms with Crippen molar-refractivity contribution in [2.75, 3.05) is 11.6 Å². The summed E-state index contributed by atoms with van der Waals surface area (Å²) < 4.78 is 1.99. The number of nitrogens with one attached hydrogen (secondary N) is 1. The van der Waals surface area contributed by atoms with Gasteiger partial charge >= 0.3 is 0 Å². The van der Waals surface area contributed by atoms with Crippen LogP contribution in [0.5, 0.6) is 0 Å². The van der Waals surface area contributed by atoms with Crippen LogP contribution in [0.1, 0.15) is 5.56 Å². The SMILES string of the molecule is CSc1ccccc1CNc1nc(Cl)nc2ccn(C)c12. The van der Waals surface area contributed by atoms with Crippen LogP contribution in [0.3, 0.4) is 0 Å². The lowest BCUT2D eigenvalue weighted by Gasteiger charge is -2.11. The number of hydrogen-bond donors (Lipinski definition) is 1. The minimum Gasteiger partial charge on any atom is -0.364 e. The minimum absolute atomic E-state index is 0.259. The predicted octanol–water partition coefficient (Wildman–Crippen LogP) is 3.96. The van der Waals surface area contributed by atoms with Gasteiger partial charge < -0.3 is 9.88 Å². The van der Waals surface area contributed by atoms with Gasteiger partial charge in [-0.1, -0.05) is 18.2 Å². The highest BCUT2D eigenvalue weighted by atomic mass is 35.5. The zero-order valence-electron chi connectivity index (χ0n) is 11.8. The summed E-state index contributed by atoms with van der Waals surface area (Å²) in [7, 11) is 1.97. The van der Waals surface area contributed by atoms with E-state index in [2.05, 4.69) is 33.7 Å². The fourth-order valence-corrected chi connectivity index (χ4v) is 3.11. The maximum Gasteiger partial charge on any atom is 0.225 e. The molecule has 0 bridgehead atoms. The van der Waals surface area contributed by atoms with Crippen molar-refractivity contribution in [2.45, 2.75) is 11.4 Å². The van der Waals surface area contributed by atoms with Crippen LogP contribution in [0.4, 0.5) is 5.82 Å². The summed E-state index contributed by atoms with van der Waals surface area (Å²) in [6, 6.07) is 10.3. The van der Waals surface area contributed by atoms with E-state index in [4.69, 9.17) is 11.6 Å². The van der Waals surface area contributed by atoms with Gasteiger partial charge in [-0.15, -0.1) is 11.8 Å². The summed E-state index contributed by atoms with van der Waals surface area (Å²) in [6.45, 7) is 0.699. The molecular formula is C15H15ClN4S. The Morgan fingerprint density at radius 2 is 2.05 bits per heavy atom. The smallest absolute Gasteiger partial charge is 0.225 e. The molecule has 1 aromatic carbocycles. The lowest BCUT2D eigenvalue weighted by Crippen LogP contribution is -2.05. The van der Waals surface area contributed by atoms with Crippen molar-refractivity contribution in [2.24, 2.45) is 7.05 Å². The first-order valence-corrected chi connectivity index (χ1v) is 8.13. The Morgan fingerprint density at radius 1 is 1.24 bits per heavy atom. The first kappa shape index (κ1) is 14.2. The fourth-order valence-electron chi connectivity index (χ4n) is 2.32. The number of fused-ring (bicyclic) bond motifs is 1. The molecule has 2 heterocycles. The monoisotopic (exact) mass is 318 g/mol. The van der Waals surface area contributed by atoms with E-state index in [1.807, 2.05) is 36.0 Å². The lowest BCUT2D eigenvalue weighted by molar-refractivity contribution is 0.957. The minimum atomic E-state index is 0.259. The third-order valence-electron chi connectivity index (χ3n) is 3.33. The number of halogens is 1. The van der Waals surface area contributed by atoms with Gasteiger partial charge in [-0.25, -0.2) is 4.98 Å². The zero-order chi connectivity index (χ0) is 14.8. The summed E-state index contributed by atoms with van der Waals surface area (Å²) in [4.78, 5) is 9.81. The molecule has 6 heteroatoms. The second-order valence-electron chi connectivity index (χ2n) is 4.67. The Kier molecular flexibility index (Phi) is 4.03. The number of benzene rings is 1. The first-order valence-electron chi connectivity index (χ1n) is 6.53. The van der Waals surface area contributed by atoms with Gasteiger partial charge in [-0.2, -0.15) is 4.98 Å². The summed E-state index contributed by atoms with van der Waals surface area (Å²) in [5.41, 5.74) is 3.04. The van der Waals surface area contributed by atoms with E-state index in [1.165, 1.54) is 10.5 Å². The standard InChI is InChI=1S/C15H15ClN4S/c1-20-8-7-11-13(20)14(19-15(16)18-11)17-9-10-5-3-4-6-12(10)21-2/h3-8H,9H2,1-2H3,(H,17,18,19). The highest BCUT2D eigenvalue weighted by Gasteiger charge is 2.10. The molecule has 0 unspecified atom stereocenters. The molecular weight excluding hydrogens is 304 g/mol. The maximum absolute atomic E-state index is 6.00. The third kappa shape index (κ3) is 2.84. The average Bonchev–Trinajstić information content (AvgIpc) is 2.86. The van der Waals surface area contributed by atoms with Crippen molar-refractivity contribution in [3.05, 3.63) is 47.4 Å². The van der Waals surface area contributed by atoms with E-state index in [-0.39, 0.29) is 5.28 Å². The quantitative estimate of drug-likeness (QED) is 0.584. The van der Waals surface area contributed by atoms with Crippen LogP contribution in [0, 0.1) is 0 Å². The zero-order valence-corrected chi connectivity index (χ0v) is 13.4. The van der Waals surface area contributed by atoms with Crippen LogP contribution >= 0.6 is 23.4 Å². The fraction of sp³-hybridized carbons (Fsp3) is 0.200. The Labute approximate surface area is 132 Å². The molecule has 1 N–H and O–H groups in total. The van der Waals surface area contributed by atoms with E-state index in [0.29, 0.717) is 6.54 Å². The van der Waals surface area contributed by atoms with Gasteiger partial charge in [0.05, 0.1) is 5.52 Å². The largest absolute Gasteiger partial charge is 0.364 e. The Morgan fingerprint density at radius 3 is 2.86 bits per heavy atom. The Hall–Kier alpha value is -1.72. The number of aryl methyl sites for hydroxylation is 1. The molecule has 0 saturated heterocycles. The van der Waals surface area contributed by atoms with Crippen molar-refractivity contribution < 1.29 is 0 Å². The molecule has 108 valence electrons. The van der Waals surface area contributed by atoms with E-state index < -0.39 is 0 Å². The number of aromatic nitrogens is 3. The molecule has 0 aliphatic heterocycles. The van der Waals surface area contributed by atoms with E-state index in [0.717, 1.165) is 16.9 Å². The van der Waals surface area contributed by atoms with Gasteiger partial charge in [0, 0.05) is 24.7 Å². The van der Waals surface area contributed by atoms with Crippen LogP contribution in [0.2, 0.25) is 5.28 Å². The van der Waals surface area contributed by atoms with Crippen molar-refractivity contribution >= 4 is 40.2 Å². The number of hydrogen-bond acceptors (Lipinski definition) is 4. The number of anilines is 1. The maximum atomic E-state index is 6.00. The average molecular weight is 319 g/mol. The van der Waals surface area contributed by atoms with Crippen molar-refractivity contribution in [1.82, 2.24) is 14.5 Å². The lowest BCUT2D eigenvalue weighted by atomic mass is 10.2. The van der Waals surface area contributed by atoms with Crippen LogP contribution in [-0.4, -0.2) is 20.8 Å². The van der Waals surface area contributed by atoms with Crippen LogP contribution in [0.25, 0.3) is 11.0 Å². The van der Waals surface area contributed by atoms with Crippen LogP contribution in [-0.2, 0) is 13.6 Å². The molecule has 0 amide bonds. The van der Waals surface area contributed by atoms with Crippen LogP contribution < -0.4 is 5.32 Å². The summed E-state index contributed by atoms with van der Waals surface area (Å²) >= 11 is 7.74. The molecule has 3 rings (SSSR count). The number of rotatable bonds is 4.